The molecule has 1 aromatic rings. The molecule has 3 heteroatoms. The van der Waals surface area contributed by atoms with Crippen molar-refractivity contribution in [3.8, 4) is 0 Å². The highest BCUT2D eigenvalue weighted by Gasteiger charge is 2.34. The van der Waals surface area contributed by atoms with E-state index in [1.54, 1.807) is 11.3 Å². The Hall–Kier alpha value is -0.380. The summed E-state index contributed by atoms with van der Waals surface area (Å²) in [6.07, 6.45) is 6.55. The summed E-state index contributed by atoms with van der Waals surface area (Å²) < 4.78 is 0. The van der Waals surface area contributed by atoms with Crippen molar-refractivity contribution in [1.82, 2.24) is 10.2 Å². The van der Waals surface area contributed by atoms with Gasteiger partial charge in [-0.25, -0.2) is 0 Å². The lowest BCUT2D eigenvalue weighted by atomic mass is 9.86. The monoisotopic (exact) mass is 280 g/mol. The number of rotatable bonds is 6. The molecule has 1 fully saturated rings. The molecule has 1 aliphatic rings. The second kappa shape index (κ2) is 6.87. The molecule has 0 aliphatic carbocycles. The van der Waals surface area contributed by atoms with Gasteiger partial charge < -0.3 is 5.32 Å². The van der Waals surface area contributed by atoms with Crippen LogP contribution in [0, 0.1) is 0 Å². The van der Waals surface area contributed by atoms with Crippen molar-refractivity contribution in [2.45, 2.75) is 57.5 Å². The fourth-order valence-electron chi connectivity index (χ4n) is 3.29. The normalized spacial score (nSPS) is 19.5. The first-order chi connectivity index (χ1) is 9.14. The van der Waals surface area contributed by atoms with E-state index in [2.05, 4.69) is 47.9 Å². The minimum atomic E-state index is 0.255. The van der Waals surface area contributed by atoms with Gasteiger partial charge in [-0.15, -0.1) is 0 Å². The highest BCUT2D eigenvalue weighted by Crippen LogP contribution is 2.26. The fourth-order valence-corrected chi connectivity index (χ4v) is 3.99. The van der Waals surface area contributed by atoms with E-state index in [4.69, 9.17) is 0 Å². The van der Waals surface area contributed by atoms with Gasteiger partial charge in [-0.3, -0.25) is 4.90 Å². The van der Waals surface area contributed by atoms with Crippen molar-refractivity contribution in [2.75, 3.05) is 20.1 Å². The lowest BCUT2D eigenvalue weighted by Crippen LogP contribution is -2.58. The summed E-state index contributed by atoms with van der Waals surface area (Å²) >= 11 is 1.80. The first-order valence-electron chi connectivity index (χ1n) is 7.58. The Morgan fingerprint density at radius 3 is 2.63 bits per heavy atom. The van der Waals surface area contributed by atoms with E-state index in [-0.39, 0.29) is 5.54 Å². The predicted molar refractivity (Wildman–Crippen MR) is 85.0 cm³/mol. The molecule has 2 rings (SSSR count). The summed E-state index contributed by atoms with van der Waals surface area (Å²) in [5.74, 6) is 0. The van der Waals surface area contributed by atoms with Crippen molar-refractivity contribution in [2.24, 2.45) is 0 Å². The molecule has 0 aromatic carbocycles. The Morgan fingerprint density at radius 2 is 2.05 bits per heavy atom. The number of piperidine rings is 1. The quantitative estimate of drug-likeness (QED) is 0.857. The molecular weight excluding hydrogens is 252 g/mol. The third kappa shape index (κ3) is 3.80. The Bertz CT molecular complexity index is 353. The number of nitrogens with one attached hydrogen (secondary N) is 1. The Morgan fingerprint density at radius 1 is 1.32 bits per heavy atom. The molecule has 0 spiro atoms. The first kappa shape index (κ1) is 15.0. The molecule has 1 N–H and O–H groups in total. The van der Waals surface area contributed by atoms with Gasteiger partial charge in [-0.1, -0.05) is 6.42 Å². The van der Waals surface area contributed by atoms with E-state index in [0.29, 0.717) is 6.04 Å². The SMILES string of the molecule is CNC(CCc1ccsc1)C(C)(C)N1CCCCC1. The van der Waals surface area contributed by atoms with Gasteiger partial charge in [-0.2, -0.15) is 11.3 Å². The zero-order valence-corrected chi connectivity index (χ0v) is 13.4. The minimum Gasteiger partial charge on any atom is -0.315 e. The van der Waals surface area contributed by atoms with E-state index in [9.17, 15) is 0 Å². The maximum absolute atomic E-state index is 3.56. The molecule has 0 amide bonds. The van der Waals surface area contributed by atoms with Gasteiger partial charge in [0.05, 0.1) is 0 Å². The summed E-state index contributed by atoms with van der Waals surface area (Å²) in [5.41, 5.74) is 1.74. The highest BCUT2D eigenvalue weighted by molar-refractivity contribution is 7.07. The number of aryl methyl sites for hydroxylation is 1. The van der Waals surface area contributed by atoms with Crippen LogP contribution in [0.4, 0.5) is 0 Å². The van der Waals surface area contributed by atoms with Crippen LogP contribution in [0.15, 0.2) is 16.8 Å². The van der Waals surface area contributed by atoms with Gasteiger partial charge in [0, 0.05) is 11.6 Å². The van der Waals surface area contributed by atoms with E-state index in [0.717, 1.165) is 0 Å². The van der Waals surface area contributed by atoms with Gasteiger partial charge in [0.1, 0.15) is 0 Å². The molecular formula is C16H28N2S. The van der Waals surface area contributed by atoms with E-state index in [1.807, 2.05) is 0 Å². The van der Waals surface area contributed by atoms with Crippen molar-refractivity contribution >= 4 is 11.3 Å². The third-order valence-corrected chi connectivity index (χ3v) is 5.41. The molecule has 0 bridgehead atoms. The number of likely N-dealkylation sites (N-methyl/N-ethyl adjacent to an activating group) is 1. The maximum atomic E-state index is 3.56. The van der Waals surface area contributed by atoms with Gasteiger partial charge >= 0.3 is 0 Å². The lowest BCUT2D eigenvalue weighted by Gasteiger charge is -2.46. The van der Waals surface area contributed by atoms with Gasteiger partial charge in [0.25, 0.3) is 0 Å². The van der Waals surface area contributed by atoms with E-state index < -0.39 is 0 Å². The van der Waals surface area contributed by atoms with E-state index >= 15 is 0 Å². The van der Waals surface area contributed by atoms with Crippen LogP contribution in [0.2, 0.25) is 0 Å². The molecule has 1 saturated heterocycles. The average Bonchev–Trinajstić information content (AvgIpc) is 2.93. The van der Waals surface area contributed by atoms with Crippen LogP contribution in [0.3, 0.4) is 0 Å². The average molecular weight is 280 g/mol. The molecule has 2 nitrogen and oxygen atoms in total. The summed E-state index contributed by atoms with van der Waals surface area (Å²) in [7, 11) is 2.12. The zero-order chi connectivity index (χ0) is 13.7. The number of hydrogen-bond acceptors (Lipinski definition) is 3. The largest absolute Gasteiger partial charge is 0.315 e. The molecule has 1 aromatic heterocycles. The van der Waals surface area contributed by atoms with Crippen LogP contribution < -0.4 is 5.32 Å². The summed E-state index contributed by atoms with van der Waals surface area (Å²) in [4.78, 5) is 2.69. The number of likely N-dealkylation sites (tertiary alicyclic amines) is 1. The second-order valence-electron chi connectivity index (χ2n) is 6.21. The van der Waals surface area contributed by atoms with Crippen molar-refractivity contribution in [1.29, 1.82) is 0 Å². The molecule has 1 aliphatic heterocycles. The highest BCUT2D eigenvalue weighted by atomic mass is 32.1. The Kier molecular flexibility index (Phi) is 5.43. The summed E-state index contributed by atoms with van der Waals surface area (Å²) in [5, 5.41) is 8.02. The molecule has 19 heavy (non-hydrogen) atoms. The maximum Gasteiger partial charge on any atom is 0.0306 e. The summed E-state index contributed by atoms with van der Waals surface area (Å²) in [6, 6.07) is 2.82. The van der Waals surface area contributed by atoms with Gasteiger partial charge in [-0.05, 0) is 82.1 Å². The van der Waals surface area contributed by atoms with Crippen LogP contribution in [0.1, 0.15) is 45.1 Å². The number of nitrogens with zero attached hydrogens (tertiary/aromatic N) is 1. The van der Waals surface area contributed by atoms with Crippen molar-refractivity contribution in [3.05, 3.63) is 22.4 Å². The summed E-state index contributed by atoms with van der Waals surface area (Å²) in [6.45, 7) is 7.35. The second-order valence-corrected chi connectivity index (χ2v) is 6.99. The fraction of sp³-hybridized carbons (Fsp3) is 0.750. The zero-order valence-electron chi connectivity index (χ0n) is 12.6. The number of thiophene rings is 1. The number of hydrogen-bond donors (Lipinski definition) is 1. The molecule has 108 valence electrons. The molecule has 2 heterocycles. The van der Waals surface area contributed by atoms with Crippen LogP contribution in [0.25, 0.3) is 0 Å². The van der Waals surface area contributed by atoms with Gasteiger partial charge in [0.2, 0.25) is 0 Å². The van der Waals surface area contributed by atoms with Crippen LogP contribution in [-0.4, -0.2) is 36.6 Å². The molecule has 0 radical (unpaired) electrons. The standard InChI is InChI=1S/C16H28N2S/c1-16(2,18-10-5-4-6-11-18)15(17-3)8-7-14-9-12-19-13-14/h9,12-13,15,17H,4-8,10-11H2,1-3H3. The van der Waals surface area contributed by atoms with Gasteiger partial charge in [0.15, 0.2) is 0 Å². The predicted octanol–water partition coefficient (Wildman–Crippen LogP) is 3.53. The first-order valence-corrected chi connectivity index (χ1v) is 8.52. The topological polar surface area (TPSA) is 15.3 Å². The minimum absolute atomic E-state index is 0.255. The molecule has 0 saturated carbocycles. The Labute approximate surface area is 122 Å². The molecule has 1 atom stereocenters. The van der Waals surface area contributed by atoms with Crippen LogP contribution >= 0.6 is 11.3 Å². The third-order valence-electron chi connectivity index (χ3n) is 4.67. The molecule has 1 unspecified atom stereocenters. The van der Waals surface area contributed by atoms with Crippen molar-refractivity contribution < 1.29 is 0 Å². The van der Waals surface area contributed by atoms with E-state index in [1.165, 1.54) is 50.8 Å². The van der Waals surface area contributed by atoms with Crippen LogP contribution in [0.5, 0.6) is 0 Å². The van der Waals surface area contributed by atoms with Crippen LogP contribution in [-0.2, 0) is 6.42 Å². The Balaban J connectivity index is 1.94. The lowest BCUT2D eigenvalue weighted by molar-refractivity contribution is 0.0608. The smallest absolute Gasteiger partial charge is 0.0306 e. The van der Waals surface area contributed by atoms with Crippen molar-refractivity contribution in [3.63, 3.8) is 0 Å².